The molecule has 3 N–H and O–H groups in total. The molecule has 0 fully saturated rings. The first-order valence-corrected chi connectivity index (χ1v) is 7.41. The Morgan fingerprint density at radius 2 is 2.10 bits per heavy atom. The van der Waals surface area contributed by atoms with Gasteiger partial charge >= 0.3 is 5.69 Å². The predicted molar refractivity (Wildman–Crippen MR) is 70.9 cm³/mol. The van der Waals surface area contributed by atoms with Crippen molar-refractivity contribution in [1.82, 2.24) is 4.72 Å². The molecular formula is C11H16N2O6S. The van der Waals surface area contributed by atoms with E-state index in [2.05, 4.69) is 4.72 Å². The summed E-state index contributed by atoms with van der Waals surface area (Å²) in [6.45, 7) is 1.79. The van der Waals surface area contributed by atoms with Crippen molar-refractivity contribution in [3.8, 4) is 5.75 Å². The molecule has 1 unspecified atom stereocenters. The lowest BCUT2D eigenvalue weighted by Crippen LogP contribution is -2.27. The minimum absolute atomic E-state index is 0.0199. The molecule has 0 saturated heterocycles. The van der Waals surface area contributed by atoms with Crippen molar-refractivity contribution >= 4 is 15.7 Å². The fraction of sp³-hybridized carbons (Fsp3) is 0.455. The number of phenolic OH excluding ortho intramolecular Hbond substituents is 1. The normalized spacial score (nSPS) is 13.1. The molecule has 0 amide bonds. The molecule has 0 spiro atoms. The van der Waals surface area contributed by atoms with Gasteiger partial charge in [-0.15, -0.1) is 0 Å². The van der Waals surface area contributed by atoms with Gasteiger partial charge in [0.1, 0.15) is 0 Å². The Kier molecular flexibility index (Phi) is 5.43. The van der Waals surface area contributed by atoms with E-state index in [1.54, 1.807) is 6.92 Å². The highest BCUT2D eigenvalue weighted by Crippen LogP contribution is 2.28. The fourth-order valence-corrected chi connectivity index (χ4v) is 2.53. The van der Waals surface area contributed by atoms with Crippen molar-refractivity contribution in [2.75, 3.05) is 6.54 Å². The van der Waals surface area contributed by atoms with Crippen LogP contribution in [0.4, 0.5) is 5.69 Å². The van der Waals surface area contributed by atoms with Crippen molar-refractivity contribution in [3.63, 3.8) is 0 Å². The van der Waals surface area contributed by atoms with E-state index in [1.807, 2.05) is 0 Å². The summed E-state index contributed by atoms with van der Waals surface area (Å²) < 4.78 is 26.0. The number of nitro groups is 1. The molecule has 0 bridgehead atoms. The molecule has 1 atom stereocenters. The first-order chi connectivity index (χ1) is 9.27. The number of phenols is 1. The molecule has 0 saturated carbocycles. The number of aliphatic hydroxyl groups excluding tert-OH is 1. The van der Waals surface area contributed by atoms with E-state index in [4.69, 9.17) is 0 Å². The highest BCUT2D eigenvalue weighted by atomic mass is 32.2. The maximum Gasteiger partial charge on any atom is 0.312 e. The van der Waals surface area contributed by atoms with Crippen molar-refractivity contribution in [2.24, 2.45) is 0 Å². The number of nitrogens with one attached hydrogen (secondary N) is 1. The second-order valence-corrected chi connectivity index (χ2v) is 5.92. The van der Waals surface area contributed by atoms with E-state index in [0.717, 1.165) is 18.2 Å². The third-order valence-electron chi connectivity index (χ3n) is 2.69. The van der Waals surface area contributed by atoms with Crippen molar-refractivity contribution in [1.29, 1.82) is 0 Å². The van der Waals surface area contributed by atoms with Crippen LogP contribution in [0.3, 0.4) is 0 Å². The van der Waals surface area contributed by atoms with Gasteiger partial charge in [-0.05, 0) is 25.0 Å². The average molecular weight is 304 g/mol. The van der Waals surface area contributed by atoms with E-state index in [0.29, 0.717) is 6.42 Å². The summed E-state index contributed by atoms with van der Waals surface area (Å²) in [5.41, 5.74) is -0.679. The summed E-state index contributed by atoms with van der Waals surface area (Å²) >= 11 is 0. The molecule has 20 heavy (non-hydrogen) atoms. The SMILES string of the molecule is CCC(O)CCNS(=O)(=O)c1ccc(O)c([N+](=O)[O-])c1. The number of nitro benzene ring substituents is 1. The lowest BCUT2D eigenvalue weighted by Gasteiger charge is -2.09. The maximum absolute atomic E-state index is 11.9. The minimum Gasteiger partial charge on any atom is -0.502 e. The van der Waals surface area contributed by atoms with Crippen LogP contribution >= 0.6 is 0 Å². The van der Waals surface area contributed by atoms with Crippen molar-refractivity contribution < 1.29 is 23.6 Å². The fourth-order valence-electron chi connectivity index (χ4n) is 1.46. The Bertz CT molecular complexity index is 587. The molecule has 0 radical (unpaired) electrons. The van der Waals surface area contributed by atoms with Gasteiger partial charge in [0.25, 0.3) is 0 Å². The lowest BCUT2D eigenvalue weighted by molar-refractivity contribution is -0.386. The van der Waals surface area contributed by atoms with Crippen LogP contribution in [0.2, 0.25) is 0 Å². The molecule has 0 heterocycles. The lowest BCUT2D eigenvalue weighted by atomic mass is 10.2. The number of aromatic hydroxyl groups is 1. The van der Waals surface area contributed by atoms with Gasteiger partial charge in [-0.1, -0.05) is 6.92 Å². The topological polar surface area (TPSA) is 130 Å². The summed E-state index contributed by atoms with van der Waals surface area (Å²) in [5, 5.41) is 29.2. The molecule has 8 nitrogen and oxygen atoms in total. The number of aliphatic hydroxyl groups is 1. The Morgan fingerprint density at radius 1 is 1.45 bits per heavy atom. The monoisotopic (exact) mass is 304 g/mol. The van der Waals surface area contributed by atoms with E-state index in [9.17, 15) is 28.7 Å². The maximum atomic E-state index is 11.9. The number of hydrogen-bond acceptors (Lipinski definition) is 6. The third kappa shape index (κ3) is 4.15. The highest BCUT2D eigenvalue weighted by Gasteiger charge is 2.21. The Morgan fingerprint density at radius 3 is 2.65 bits per heavy atom. The van der Waals surface area contributed by atoms with Crippen LogP contribution < -0.4 is 4.72 Å². The number of hydrogen-bond donors (Lipinski definition) is 3. The summed E-state index contributed by atoms with van der Waals surface area (Å²) in [5.74, 6) is -0.602. The Hall–Kier alpha value is -1.71. The smallest absolute Gasteiger partial charge is 0.312 e. The van der Waals surface area contributed by atoms with Crippen LogP contribution in [0.5, 0.6) is 5.75 Å². The first kappa shape index (κ1) is 16.3. The van der Waals surface area contributed by atoms with Gasteiger partial charge in [0, 0.05) is 12.6 Å². The molecule has 0 aliphatic carbocycles. The molecule has 0 aliphatic heterocycles. The molecule has 0 aliphatic rings. The van der Waals surface area contributed by atoms with E-state index in [-0.39, 0.29) is 17.9 Å². The van der Waals surface area contributed by atoms with Crippen LogP contribution in [-0.2, 0) is 10.0 Å². The summed E-state index contributed by atoms with van der Waals surface area (Å²) in [6.07, 6.45) is 0.148. The van der Waals surface area contributed by atoms with Crippen LogP contribution in [0, 0.1) is 10.1 Å². The van der Waals surface area contributed by atoms with Crippen LogP contribution in [0.25, 0.3) is 0 Å². The number of sulfonamides is 1. The van der Waals surface area contributed by atoms with Gasteiger partial charge in [0.2, 0.25) is 10.0 Å². The quantitative estimate of drug-likeness (QED) is 0.503. The number of rotatable bonds is 7. The molecular weight excluding hydrogens is 288 g/mol. The van der Waals surface area contributed by atoms with Gasteiger partial charge in [0.15, 0.2) is 5.75 Å². The summed E-state index contributed by atoms with van der Waals surface area (Å²) in [7, 11) is -3.91. The van der Waals surface area contributed by atoms with E-state index >= 15 is 0 Å². The molecule has 1 aromatic rings. The predicted octanol–water partition coefficient (Wildman–Crippen LogP) is 0.740. The second kappa shape index (κ2) is 6.64. The second-order valence-electron chi connectivity index (χ2n) is 4.16. The highest BCUT2D eigenvalue weighted by molar-refractivity contribution is 7.89. The standard InChI is InChI=1S/C11H16N2O6S/c1-2-8(14)5-6-12-20(18,19)9-3-4-11(15)10(7-9)13(16)17/h3-4,7-8,12,14-15H,2,5-6H2,1H3. The summed E-state index contributed by atoms with van der Waals surface area (Å²) in [4.78, 5) is 9.46. The van der Waals surface area contributed by atoms with Crippen molar-refractivity contribution in [2.45, 2.75) is 30.8 Å². The zero-order valence-corrected chi connectivity index (χ0v) is 11.6. The Labute approximate surface area is 116 Å². The van der Waals surface area contributed by atoms with Crippen LogP contribution in [-0.4, -0.2) is 36.2 Å². The minimum atomic E-state index is -3.91. The van der Waals surface area contributed by atoms with Crippen molar-refractivity contribution in [3.05, 3.63) is 28.3 Å². The summed E-state index contributed by atoms with van der Waals surface area (Å²) in [6, 6.07) is 2.81. The zero-order valence-electron chi connectivity index (χ0n) is 10.8. The van der Waals surface area contributed by atoms with Crippen LogP contribution in [0.15, 0.2) is 23.1 Å². The first-order valence-electron chi connectivity index (χ1n) is 5.93. The van der Waals surface area contributed by atoms with Gasteiger partial charge < -0.3 is 10.2 Å². The molecule has 1 rings (SSSR count). The molecule has 0 aromatic heterocycles. The van der Waals surface area contributed by atoms with Gasteiger partial charge in [-0.2, -0.15) is 0 Å². The Balaban J connectivity index is 2.88. The van der Waals surface area contributed by atoms with E-state index in [1.165, 1.54) is 0 Å². The largest absolute Gasteiger partial charge is 0.502 e. The third-order valence-corrected chi connectivity index (χ3v) is 4.15. The molecule has 9 heteroatoms. The zero-order chi connectivity index (χ0) is 15.3. The van der Waals surface area contributed by atoms with E-state index < -0.39 is 32.5 Å². The van der Waals surface area contributed by atoms with Crippen LogP contribution in [0.1, 0.15) is 19.8 Å². The van der Waals surface area contributed by atoms with Gasteiger partial charge in [0.05, 0.1) is 15.9 Å². The number of nitrogens with zero attached hydrogens (tertiary/aromatic N) is 1. The van der Waals surface area contributed by atoms with Gasteiger partial charge in [-0.3, -0.25) is 10.1 Å². The number of benzene rings is 1. The molecule has 112 valence electrons. The average Bonchev–Trinajstić information content (AvgIpc) is 2.38. The molecule has 1 aromatic carbocycles. The van der Waals surface area contributed by atoms with Gasteiger partial charge in [-0.25, -0.2) is 13.1 Å².